The van der Waals surface area contributed by atoms with E-state index in [1.54, 1.807) is 18.2 Å². The van der Waals surface area contributed by atoms with Gasteiger partial charge in [-0.05, 0) is 67.9 Å². The minimum atomic E-state index is -0.175. The fraction of sp³-hybridized carbons (Fsp3) is 0.333. The predicted octanol–water partition coefficient (Wildman–Crippen LogP) is 5.03. The van der Waals surface area contributed by atoms with Gasteiger partial charge in [-0.15, -0.1) is 0 Å². The summed E-state index contributed by atoms with van der Waals surface area (Å²) in [6.07, 6.45) is 2.00. The maximum Gasteiger partial charge on any atom is 0.264 e. The van der Waals surface area contributed by atoms with Gasteiger partial charge in [0.1, 0.15) is 5.75 Å². The van der Waals surface area contributed by atoms with Crippen LogP contribution in [-0.2, 0) is 0 Å². The lowest BCUT2D eigenvalue weighted by Gasteiger charge is -2.23. The molecule has 2 aromatic carbocycles. The third-order valence-corrected chi connectivity index (χ3v) is 4.16. The van der Waals surface area contributed by atoms with Gasteiger partial charge in [-0.25, -0.2) is 0 Å². The molecule has 2 rings (SSSR count). The number of benzene rings is 2. The molecule has 0 aromatic heterocycles. The van der Waals surface area contributed by atoms with E-state index in [0.29, 0.717) is 16.5 Å². The molecule has 4 nitrogen and oxygen atoms in total. The Bertz CT molecular complexity index is 755. The smallest absolute Gasteiger partial charge is 0.264 e. The highest BCUT2D eigenvalue weighted by Crippen LogP contribution is 2.17. The van der Waals surface area contributed by atoms with E-state index in [1.807, 2.05) is 37.3 Å². The molecule has 1 amide bonds. The Morgan fingerprint density at radius 2 is 1.77 bits per heavy atom. The number of anilines is 1. The highest BCUT2D eigenvalue weighted by atomic mass is 32.1. The number of ether oxygens (including phenoxy) is 1. The molecular formula is C21H26N2O2S. The largest absolute Gasteiger partial charge is 0.432 e. The van der Waals surface area contributed by atoms with Crippen LogP contribution >= 0.6 is 12.2 Å². The Labute approximate surface area is 161 Å². The van der Waals surface area contributed by atoms with Gasteiger partial charge in [0, 0.05) is 24.3 Å². The molecule has 0 aliphatic rings. The first-order valence-corrected chi connectivity index (χ1v) is 9.39. The van der Waals surface area contributed by atoms with Crippen molar-refractivity contribution < 1.29 is 9.53 Å². The van der Waals surface area contributed by atoms with Gasteiger partial charge in [0.15, 0.2) is 0 Å². The summed E-state index contributed by atoms with van der Waals surface area (Å²) in [6, 6.07) is 14.8. The van der Waals surface area contributed by atoms with Crippen LogP contribution in [0.1, 0.15) is 42.6 Å². The zero-order valence-electron chi connectivity index (χ0n) is 15.6. The molecule has 26 heavy (non-hydrogen) atoms. The number of nitrogens with zero attached hydrogens (tertiary/aromatic N) is 1. The first-order chi connectivity index (χ1) is 12.5. The summed E-state index contributed by atoms with van der Waals surface area (Å²) < 4.78 is 5.82. The minimum Gasteiger partial charge on any atom is -0.432 e. The van der Waals surface area contributed by atoms with Crippen molar-refractivity contribution in [3.8, 4) is 5.75 Å². The van der Waals surface area contributed by atoms with E-state index in [4.69, 9.17) is 17.0 Å². The SMILES string of the molecule is CCCN(CCC)C(=S)Oc1cccc(C(=O)Nc2cccc(C)c2)c1. The van der Waals surface area contributed by atoms with Gasteiger partial charge >= 0.3 is 0 Å². The number of rotatable bonds is 7. The Morgan fingerprint density at radius 3 is 2.42 bits per heavy atom. The second-order valence-electron chi connectivity index (χ2n) is 6.21. The van der Waals surface area contributed by atoms with E-state index in [1.165, 1.54) is 0 Å². The van der Waals surface area contributed by atoms with E-state index in [-0.39, 0.29) is 5.91 Å². The topological polar surface area (TPSA) is 41.6 Å². The van der Waals surface area contributed by atoms with Crippen LogP contribution in [-0.4, -0.2) is 29.1 Å². The van der Waals surface area contributed by atoms with Crippen LogP contribution in [0.15, 0.2) is 48.5 Å². The molecule has 0 bridgehead atoms. The van der Waals surface area contributed by atoms with Gasteiger partial charge in [-0.3, -0.25) is 4.79 Å². The lowest BCUT2D eigenvalue weighted by molar-refractivity contribution is 0.102. The lowest BCUT2D eigenvalue weighted by atomic mass is 10.2. The van der Waals surface area contributed by atoms with E-state index in [2.05, 4.69) is 24.1 Å². The maximum absolute atomic E-state index is 12.5. The highest BCUT2D eigenvalue weighted by Gasteiger charge is 2.12. The van der Waals surface area contributed by atoms with Gasteiger partial charge in [-0.1, -0.05) is 32.0 Å². The van der Waals surface area contributed by atoms with Crippen molar-refractivity contribution in [3.63, 3.8) is 0 Å². The highest BCUT2D eigenvalue weighted by molar-refractivity contribution is 7.80. The lowest BCUT2D eigenvalue weighted by Crippen LogP contribution is -2.34. The number of aryl methyl sites for hydroxylation is 1. The van der Waals surface area contributed by atoms with Crippen LogP contribution in [0.5, 0.6) is 5.75 Å². The van der Waals surface area contributed by atoms with Crippen LogP contribution < -0.4 is 10.1 Å². The minimum absolute atomic E-state index is 0.175. The van der Waals surface area contributed by atoms with Gasteiger partial charge in [-0.2, -0.15) is 0 Å². The summed E-state index contributed by atoms with van der Waals surface area (Å²) in [4.78, 5) is 14.5. The number of hydrogen-bond donors (Lipinski definition) is 1. The molecule has 5 heteroatoms. The van der Waals surface area contributed by atoms with Gasteiger partial charge in [0.2, 0.25) is 0 Å². The second kappa shape index (κ2) is 9.92. The van der Waals surface area contributed by atoms with E-state index >= 15 is 0 Å². The molecule has 1 N–H and O–H groups in total. The summed E-state index contributed by atoms with van der Waals surface area (Å²) in [6.45, 7) is 7.94. The summed E-state index contributed by atoms with van der Waals surface area (Å²) in [5.74, 6) is 0.398. The Morgan fingerprint density at radius 1 is 1.08 bits per heavy atom. The molecule has 0 saturated heterocycles. The molecule has 0 aliphatic carbocycles. The number of hydrogen-bond acceptors (Lipinski definition) is 3. The third kappa shape index (κ3) is 5.85. The molecule has 0 fully saturated rings. The molecule has 0 radical (unpaired) electrons. The fourth-order valence-electron chi connectivity index (χ4n) is 2.63. The monoisotopic (exact) mass is 370 g/mol. The average Bonchev–Trinajstić information content (AvgIpc) is 2.61. The zero-order chi connectivity index (χ0) is 18.9. The zero-order valence-corrected chi connectivity index (χ0v) is 16.4. The average molecular weight is 371 g/mol. The van der Waals surface area contributed by atoms with E-state index in [0.717, 1.165) is 37.2 Å². The van der Waals surface area contributed by atoms with Crippen molar-refractivity contribution in [1.82, 2.24) is 4.90 Å². The molecule has 0 heterocycles. The van der Waals surface area contributed by atoms with Crippen LogP contribution in [0.3, 0.4) is 0 Å². The first-order valence-electron chi connectivity index (χ1n) is 8.98. The second-order valence-corrected chi connectivity index (χ2v) is 6.56. The number of carbonyl (C=O) groups excluding carboxylic acids is 1. The summed E-state index contributed by atoms with van der Waals surface area (Å²) in [7, 11) is 0. The summed E-state index contributed by atoms with van der Waals surface area (Å²) in [5.41, 5.74) is 2.40. The summed E-state index contributed by atoms with van der Waals surface area (Å²) in [5, 5.41) is 3.35. The molecule has 0 saturated carbocycles. The van der Waals surface area contributed by atoms with Crippen LogP contribution in [0.25, 0.3) is 0 Å². The number of carbonyl (C=O) groups is 1. The molecular weight excluding hydrogens is 344 g/mol. The number of nitrogens with one attached hydrogen (secondary N) is 1. The third-order valence-electron chi connectivity index (χ3n) is 3.82. The van der Waals surface area contributed by atoms with Gasteiger partial charge < -0.3 is 15.0 Å². The molecule has 2 aromatic rings. The van der Waals surface area contributed by atoms with Gasteiger partial charge in [0.25, 0.3) is 11.1 Å². The van der Waals surface area contributed by atoms with Crippen molar-refractivity contribution in [2.75, 3.05) is 18.4 Å². The van der Waals surface area contributed by atoms with Crippen LogP contribution in [0.4, 0.5) is 5.69 Å². The first kappa shape index (κ1) is 19.9. The number of thiocarbonyl (C=S) groups is 1. The Kier molecular flexibility index (Phi) is 7.60. The van der Waals surface area contributed by atoms with Crippen molar-refractivity contribution in [2.24, 2.45) is 0 Å². The summed E-state index contributed by atoms with van der Waals surface area (Å²) >= 11 is 5.42. The number of amides is 1. The quantitative estimate of drug-likeness (QED) is 0.694. The van der Waals surface area contributed by atoms with E-state index in [9.17, 15) is 4.79 Å². The fourth-order valence-corrected chi connectivity index (χ4v) is 2.91. The van der Waals surface area contributed by atoms with Crippen molar-refractivity contribution in [1.29, 1.82) is 0 Å². The van der Waals surface area contributed by atoms with Crippen molar-refractivity contribution >= 4 is 29.0 Å². The van der Waals surface area contributed by atoms with Crippen LogP contribution in [0, 0.1) is 6.92 Å². The van der Waals surface area contributed by atoms with Crippen molar-refractivity contribution in [3.05, 3.63) is 59.7 Å². The predicted molar refractivity (Wildman–Crippen MR) is 111 cm³/mol. The normalized spacial score (nSPS) is 10.3. The molecule has 0 atom stereocenters. The Hall–Kier alpha value is -2.40. The molecule has 138 valence electrons. The Balaban J connectivity index is 2.06. The maximum atomic E-state index is 12.5. The van der Waals surface area contributed by atoms with Gasteiger partial charge in [0.05, 0.1) is 0 Å². The van der Waals surface area contributed by atoms with E-state index < -0.39 is 0 Å². The molecule has 0 unspecified atom stereocenters. The standard InChI is InChI=1S/C21H26N2O2S/c1-4-12-23(13-5-2)21(26)25-19-11-7-9-17(15-19)20(24)22-18-10-6-8-16(3)14-18/h6-11,14-15H,4-5,12-13H2,1-3H3,(H,22,24). The van der Waals surface area contributed by atoms with Crippen LogP contribution in [0.2, 0.25) is 0 Å². The molecule has 0 aliphatic heterocycles. The molecule has 0 spiro atoms. The van der Waals surface area contributed by atoms with Crippen molar-refractivity contribution in [2.45, 2.75) is 33.6 Å².